The largest absolute Gasteiger partial charge is 0.456 e. The van der Waals surface area contributed by atoms with Crippen LogP contribution < -0.4 is 13.9 Å². The highest BCUT2D eigenvalue weighted by Gasteiger charge is 2.70. The van der Waals surface area contributed by atoms with Crippen LogP contribution in [0.4, 0.5) is 0 Å². The Kier molecular flexibility index (Phi) is 2.34. The second-order valence-corrected chi connectivity index (χ2v) is 8.05. The summed E-state index contributed by atoms with van der Waals surface area (Å²) in [5, 5.41) is 0. The molecule has 0 bridgehead atoms. The minimum Gasteiger partial charge on any atom is -0.456 e. The number of fused-ring (bicyclic) bond motifs is 4. The Hall–Kier alpha value is -3.46. The first kappa shape index (κ1) is 14.6. The number of ether oxygens (including phenoxy) is 1. The van der Waals surface area contributed by atoms with E-state index in [2.05, 4.69) is 96.0 Å². The Morgan fingerprint density at radius 1 is 0.679 bits per heavy atom. The van der Waals surface area contributed by atoms with Crippen molar-refractivity contribution in [2.75, 3.05) is 0 Å². The zero-order valence-corrected chi connectivity index (χ0v) is 15.7. The van der Waals surface area contributed by atoms with Crippen LogP contribution in [0.5, 0.6) is 11.5 Å². The number of nitrogens with zero attached hydrogens (tertiary/aromatic N) is 2. The third kappa shape index (κ3) is 1.40. The standard InChI is InChI=1S/C25H18N2O/c1-15-9-11-26-19(13-15)17-5-3-7-21-23(17)25(26)24-18(6-4-8-22(24)28-21)20-14-16(2)10-12-27(20)25/h3-14H,1-2H3/q+2. The first-order chi connectivity index (χ1) is 13.7. The van der Waals surface area contributed by atoms with Gasteiger partial charge in [-0.15, -0.1) is 9.13 Å². The van der Waals surface area contributed by atoms with Crippen molar-refractivity contribution in [3.63, 3.8) is 0 Å². The van der Waals surface area contributed by atoms with E-state index < -0.39 is 5.66 Å². The maximum Gasteiger partial charge on any atom is 0.424 e. The van der Waals surface area contributed by atoms with Gasteiger partial charge in [0.05, 0.1) is 11.1 Å². The highest BCUT2D eigenvalue weighted by Crippen LogP contribution is 2.56. The zero-order chi connectivity index (χ0) is 18.6. The third-order valence-corrected chi connectivity index (χ3v) is 6.44. The van der Waals surface area contributed by atoms with E-state index in [1.54, 1.807) is 0 Å². The molecule has 0 saturated carbocycles. The van der Waals surface area contributed by atoms with Crippen LogP contribution in [0.25, 0.3) is 22.5 Å². The number of aromatic nitrogens is 2. The van der Waals surface area contributed by atoms with Crippen LogP contribution in [0, 0.1) is 13.8 Å². The molecule has 3 nitrogen and oxygen atoms in total. The molecule has 4 aromatic rings. The Bertz CT molecular complexity index is 1260. The molecule has 0 aliphatic carbocycles. The lowest BCUT2D eigenvalue weighted by atomic mass is 9.86. The van der Waals surface area contributed by atoms with Crippen molar-refractivity contribution in [2.24, 2.45) is 0 Å². The van der Waals surface area contributed by atoms with Gasteiger partial charge in [0.2, 0.25) is 11.4 Å². The molecule has 0 saturated heterocycles. The molecule has 2 aromatic heterocycles. The second kappa shape index (κ2) is 4.50. The van der Waals surface area contributed by atoms with Crippen molar-refractivity contribution >= 4 is 0 Å². The molecule has 2 aromatic carbocycles. The van der Waals surface area contributed by atoms with Crippen LogP contribution in [0.15, 0.2) is 73.1 Å². The lowest BCUT2D eigenvalue weighted by molar-refractivity contribution is -0.955. The van der Waals surface area contributed by atoms with Gasteiger partial charge < -0.3 is 4.74 Å². The topological polar surface area (TPSA) is 17.0 Å². The van der Waals surface area contributed by atoms with Gasteiger partial charge in [-0.3, -0.25) is 0 Å². The molecule has 0 atom stereocenters. The van der Waals surface area contributed by atoms with Crippen LogP contribution in [0.2, 0.25) is 0 Å². The molecular weight excluding hydrogens is 344 g/mol. The fourth-order valence-electron chi connectivity index (χ4n) is 5.41. The predicted molar refractivity (Wildman–Crippen MR) is 105 cm³/mol. The van der Waals surface area contributed by atoms with E-state index in [1.807, 2.05) is 0 Å². The first-order valence-corrected chi connectivity index (χ1v) is 9.71. The summed E-state index contributed by atoms with van der Waals surface area (Å²) in [4.78, 5) is 0. The Balaban J connectivity index is 1.78. The van der Waals surface area contributed by atoms with Gasteiger partial charge in [-0.05, 0) is 49.2 Å². The van der Waals surface area contributed by atoms with Gasteiger partial charge in [0.25, 0.3) is 0 Å². The summed E-state index contributed by atoms with van der Waals surface area (Å²) >= 11 is 0. The van der Waals surface area contributed by atoms with Crippen molar-refractivity contribution in [1.29, 1.82) is 0 Å². The summed E-state index contributed by atoms with van der Waals surface area (Å²) in [6.07, 6.45) is 4.48. The van der Waals surface area contributed by atoms with Crippen LogP contribution in [0.1, 0.15) is 22.3 Å². The zero-order valence-electron chi connectivity index (χ0n) is 15.7. The summed E-state index contributed by atoms with van der Waals surface area (Å²) in [5.74, 6) is 1.90. The third-order valence-electron chi connectivity index (χ3n) is 6.44. The van der Waals surface area contributed by atoms with Gasteiger partial charge in [-0.2, -0.15) is 0 Å². The maximum absolute atomic E-state index is 6.45. The SMILES string of the molecule is Cc1cc[n+]2c(c1)-c1cccc3c1C21c2c(cccc2-c2cc(C)cc[n+]21)O3. The molecule has 0 fully saturated rings. The molecule has 3 aliphatic rings. The molecule has 7 rings (SSSR count). The van der Waals surface area contributed by atoms with Crippen molar-refractivity contribution in [2.45, 2.75) is 19.5 Å². The molecule has 0 radical (unpaired) electrons. The maximum atomic E-state index is 6.45. The van der Waals surface area contributed by atoms with Gasteiger partial charge >= 0.3 is 5.66 Å². The number of rotatable bonds is 0. The van der Waals surface area contributed by atoms with Crippen LogP contribution in [0.3, 0.4) is 0 Å². The summed E-state index contributed by atoms with van der Waals surface area (Å²) in [6, 6.07) is 21.8. The lowest BCUT2D eigenvalue weighted by Gasteiger charge is -2.25. The van der Waals surface area contributed by atoms with Crippen LogP contribution >= 0.6 is 0 Å². The van der Waals surface area contributed by atoms with Crippen molar-refractivity contribution in [3.05, 3.63) is 95.3 Å². The Morgan fingerprint density at radius 3 is 1.68 bits per heavy atom. The van der Waals surface area contributed by atoms with Gasteiger partial charge in [-0.25, -0.2) is 0 Å². The highest BCUT2D eigenvalue weighted by atomic mass is 16.5. The molecule has 5 heterocycles. The summed E-state index contributed by atoms with van der Waals surface area (Å²) in [5.41, 5.74) is 9.57. The minimum absolute atomic E-state index is 0.428. The van der Waals surface area contributed by atoms with E-state index in [0.717, 1.165) is 11.5 Å². The number of hydrogen-bond acceptors (Lipinski definition) is 1. The summed E-state index contributed by atoms with van der Waals surface area (Å²) in [7, 11) is 0. The molecule has 3 heteroatoms. The van der Waals surface area contributed by atoms with E-state index in [1.165, 1.54) is 44.8 Å². The summed E-state index contributed by atoms with van der Waals surface area (Å²) in [6.45, 7) is 4.31. The van der Waals surface area contributed by atoms with Gasteiger partial charge in [0, 0.05) is 24.3 Å². The first-order valence-electron chi connectivity index (χ1n) is 9.71. The Morgan fingerprint density at radius 2 is 1.18 bits per heavy atom. The average Bonchev–Trinajstić information content (AvgIpc) is 3.16. The minimum atomic E-state index is -0.428. The number of pyridine rings is 2. The molecule has 0 N–H and O–H groups in total. The van der Waals surface area contributed by atoms with E-state index >= 15 is 0 Å². The normalized spacial score (nSPS) is 15.4. The molecule has 1 spiro atoms. The molecule has 3 aliphatic heterocycles. The fourth-order valence-corrected chi connectivity index (χ4v) is 5.41. The number of hydrogen-bond donors (Lipinski definition) is 0. The van der Waals surface area contributed by atoms with E-state index in [0.29, 0.717) is 0 Å². The van der Waals surface area contributed by atoms with Gasteiger partial charge in [0.1, 0.15) is 11.5 Å². The van der Waals surface area contributed by atoms with Crippen molar-refractivity contribution in [3.8, 4) is 34.0 Å². The fraction of sp³-hybridized carbons (Fsp3) is 0.120. The van der Waals surface area contributed by atoms with E-state index in [-0.39, 0.29) is 0 Å². The van der Waals surface area contributed by atoms with Crippen molar-refractivity contribution in [1.82, 2.24) is 0 Å². The molecule has 0 unspecified atom stereocenters. The smallest absolute Gasteiger partial charge is 0.424 e. The highest BCUT2D eigenvalue weighted by molar-refractivity contribution is 5.80. The predicted octanol–water partition coefficient (Wildman–Crippen LogP) is 4.24. The second-order valence-electron chi connectivity index (χ2n) is 8.05. The Labute approximate surface area is 163 Å². The molecular formula is C25H18N2O+2. The summed E-state index contributed by atoms with van der Waals surface area (Å²) < 4.78 is 11.3. The average molecular weight is 362 g/mol. The van der Waals surface area contributed by atoms with E-state index in [9.17, 15) is 0 Å². The lowest BCUT2D eigenvalue weighted by Crippen LogP contribution is -2.71. The number of benzene rings is 2. The molecule has 132 valence electrons. The number of aryl methyl sites for hydroxylation is 2. The van der Waals surface area contributed by atoms with Crippen LogP contribution in [-0.2, 0) is 5.66 Å². The van der Waals surface area contributed by atoms with Gasteiger partial charge in [0.15, 0.2) is 23.5 Å². The molecule has 28 heavy (non-hydrogen) atoms. The van der Waals surface area contributed by atoms with Gasteiger partial charge in [-0.1, -0.05) is 12.1 Å². The molecule has 0 amide bonds. The van der Waals surface area contributed by atoms with Crippen molar-refractivity contribution < 1.29 is 13.9 Å². The van der Waals surface area contributed by atoms with E-state index in [4.69, 9.17) is 4.74 Å². The van der Waals surface area contributed by atoms with Crippen LogP contribution in [-0.4, -0.2) is 0 Å². The monoisotopic (exact) mass is 362 g/mol. The quantitative estimate of drug-likeness (QED) is 0.369.